The van der Waals surface area contributed by atoms with E-state index in [4.69, 9.17) is 16.3 Å². The van der Waals surface area contributed by atoms with E-state index in [0.29, 0.717) is 21.2 Å². The monoisotopic (exact) mass is 359 g/mol. The third-order valence-corrected chi connectivity index (χ3v) is 4.64. The van der Waals surface area contributed by atoms with Gasteiger partial charge in [-0.05, 0) is 41.6 Å². The number of carbonyl (C=O) groups is 2. The maximum Gasteiger partial charge on any atom is 0.293 e. The Morgan fingerprint density at radius 2 is 1.75 bits per heavy atom. The summed E-state index contributed by atoms with van der Waals surface area (Å²) in [5, 5.41) is 0.242. The second-order valence-corrected chi connectivity index (χ2v) is 6.42. The molecule has 4 nitrogen and oxygen atoms in total. The predicted octanol–water partition coefficient (Wildman–Crippen LogP) is 4.46. The van der Waals surface area contributed by atoms with E-state index in [1.807, 2.05) is 42.5 Å². The Kier molecular flexibility index (Phi) is 5.23. The summed E-state index contributed by atoms with van der Waals surface area (Å²) in [5.74, 6) is 0.387. The molecule has 0 aliphatic carbocycles. The molecule has 0 N–H and O–H groups in total. The van der Waals surface area contributed by atoms with Crippen LogP contribution in [0.2, 0.25) is 5.02 Å². The van der Waals surface area contributed by atoms with Crippen molar-refractivity contribution in [2.24, 2.45) is 0 Å². The highest BCUT2D eigenvalue weighted by atomic mass is 35.5. The van der Waals surface area contributed by atoms with Gasteiger partial charge in [0.2, 0.25) is 0 Å². The molecule has 1 heterocycles. The molecule has 3 rings (SSSR count). The molecule has 0 bridgehead atoms. The fourth-order valence-electron chi connectivity index (χ4n) is 2.20. The first-order valence-electron chi connectivity index (χ1n) is 7.33. The van der Waals surface area contributed by atoms with Crippen molar-refractivity contribution in [2.45, 2.75) is 0 Å². The van der Waals surface area contributed by atoms with Gasteiger partial charge in [-0.15, -0.1) is 0 Å². The zero-order valence-electron chi connectivity index (χ0n) is 12.6. The van der Waals surface area contributed by atoms with Gasteiger partial charge in [-0.2, -0.15) is 0 Å². The van der Waals surface area contributed by atoms with E-state index in [1.54, 1.807) is 18.2 Å². The Labute approximate surface area is 149 Å². The quantitative estimate of drug-likeness (QED) is 0.740. The Morgan fingerprint density at radius 1 is 1.04 bits per heavy atom. The van der Waals surface area contributed by atoms with Crippen LogP contribution in [0.3, 0.4) is 0 Å². The minimum Gasteiger partial charge on any atom is -0.492 e. The second-order valence-electron chi connectivity index (χ2n) is 5.02. The van der Waals surface area contributed by atoms with Crippen LogP contribution in [0.5, 0.6) is 5.75 Å². The number of hydrogen-bond acceptors (Lipinski definition) is 4. The smallest absolute Gasteiger partial charge is 0.293 e. The Morgan fingerprint density at radius 3 is 2.50 bits per heavy atom. The van der Waals surface area contributed by atoms with E-state index in [2.05, 4.69) is 0 Å². The summed E-state index contributed by atoms with van der Waals surface area (Å²) in [7, 11) is 0. The third-order valence-electron chi connectivity index (χ3n) is 3.39. The molecule has 0 unspecified atom stereocenters. The first-order valence-corrected chi connectivity index (χ1v) is 8.52. The van der Waals surface area contributed by atoms with E-state index in [9.17, 15) is 9.59 Å². The van der Waals surface area contributed by atoms with Crippen LogP contribution in [-0.4, -0.2) is 29.2 Å². The molecule has 1 aliphatic rings. The van der Waals surface area contributed by atoms with E-state index >= 15 is 0 Å². The van der Waals surface area contributed by atoms with Crippen LogP contribution in [-0.2, 0) is 4.79 Å². The molecule has 6 heteroatoms. The molecule has 1 aliphatic heterocycles. The molecule has 2 amide bonds. The highest BCUT2D eigenvalue weighted by Gasteiger charge is 2.34. The summed E-state index contributed by atoms with van der Waals surface area (Å²) < 4.78 is 5.54. The molecule has 0 aromatic heterocycles. The fraction of sp³-hybridized carbons (Fsp3) is 0.111. The molecule has 1 saturated heterocycles. The van der Waals surface area contributed by atoms with Crippen molar-refractivity contribution in [3.05, 3.63) is 70.1 Å². The molecule has 1 fully saturated rings. The van der Waals surface area contributed by atoms with Crippen molar-refractivity contribution in [1.82, 2.24) is 4.90 Å². The van der Waals surface area contributed by atoms with Crippen LogP contribution in [0.25, 0.3) is 6.08 Å². The van der Waals surface area contributed by atoms with Gasteiger partial charge in [0.05, 0.1) is 11.4 Å². The number of benzene rings is 2. The molecule has 2 aromatic rings. The molecular weight excluding hydrogens is 346 g/mol. The van der Waals surface area contributed by atoms with Crippen molar-refractivity contribution >= 4 is 40.6 Å². The summed E-state index contributed by atoms with van der Waals surface area (Å²) in [5.41, 5.74) is 0.713. The first-order chi connectivity index (χ1) is 11.6. The molecule has 2 aromatic carbocycles. The van der Waals surface area contributed by atoms with Gasteiger partial charge in [0.1, 0.15) is 12.4 Å². The van der Waals surface area contributed by atoms with Crippen LogP contribution < -0.4 is 4.74 Å². The molecule has 24 heavy (non-hydrogen) atoms. The average Bonchev–Trinajstić information content (AvgIpc) is 2.85. The third kappa shape index (κ3) is 3.80. The van der Waals surface area contributed by atoms with Crippen LogP contribution >= 0.6 is 23.4 Å². The number of amides is 2. The van der Waals surface area contributed by atoms with Gasteiger partial charge in [0, 0.05) is 5.02 Å². The molecule has 122 valence electrons. The number of nitrogens with zero attached hydrogens (tertiary/aromatic N) is 1. The maximum absolute atomic E-state index is 12.4. The van der Waals surface area contributed by atoms with Gasteiger partial charge in [0.25, 0.3) is 11.1 Å². The van der Waals surface area contributed by atoms with E-state index in [1.165, 1.54) is 4.90 Å². The number of hydrogen-bond donors (Lipinski definition) is 0. The summed E-state index contributed by atoms with van der Waals surface area (Å²) in [4.78, 5) is 26.0. The van der Waals surface area contributed by atoms with Gasteiger partial charge >= 0.3 is 0 Å². The van der Waals surface area contributed by atoms with Crippen molar-refractivity contribution < 1.29 is 14.3 Å². The van der Waals surface area contributed by atoms with Gasteiger partial charge in [-0.1, -0.05) is 48.0 Å². The van der Waals surface area contributed by atoms with E-state index < -0.39 is 0 Å². The lowest BCUT2D eigenvalue weighted by atomic mass is 10.2. The molecule has 0 spiro atoms. The van der Waals surface area contributed by atoms with E-state index in [0.717, 1.165) is 11.8 Å². The number of halogens is 1. The molecule has 0 atom stereocenters. The minimum atomic E-state index is -0.318. The SMILES string of the molecule is O=C1S/C(=C\c2ccccc2Cl)C(=O)N1CCOc1ccccc1. The minimum absolute atomic E-state index is 0.208. The number of thioether (sulfide) groups is 1. The highest BCUT2D eigenvalue weighted by Crippen LogP contribution is 2.33. The topological polar surface area (TPSA) is 46.6 Å². The number of imide groups is 1. The van der Waals surface area contributed by atoms with Crippen molar-refractivity contribution in [3.8, 4) is 5.75 Å². The fourth-order valence-corrected chi connectivity index (χ4v) is 3.24. The number of para-hydroxylation sites is 1. The highest BCUT2D eigenvalue weighted by molar-refractivity contribution is 8.18. The lowest BCUT2D eigenvalue weighted by Crippen LogP contribution is -2.32. The van der Waals surface area contributed by atoms with E-state index in [-0.39, 0.29) is 24.3 Å². The van der Waals surface area contributed by atoms with Crippen molar-refractivity contribution in [1.29, 1.82) is 0 Å². The van der Waals surface area contributed by atoms with Gasteiger partial charge in [0.15, 0.2) is 0 Å². The standard InChI is InChI=1S/C18H14ClNO3S/c19-15-9-5-4-6-13(15)12-16-17(21)20(18(22)24-16)10-11-23-14-7-2-1-3-8-14/h1-9,12H,10-11H2/b16-12-. The largest absolute Gasteiger partial charge is 0.492 e. The zero-order valence-corrected chi connectivity index (χ0v) is 14.2. The first kappa shape index (κ1) is 16.6. The summed E-state index contributed by atoms with van der Waals surface area (Å²) >= 11 is 7.01. The van der Waals surface area contributed by atoms with Gasteiger partial charge in [-0.3, -0.25) is 14.5 Å². The number of rotatable bonds is 5. The van der Waals surface area contributed by atoms with Crippen molar-refractivity contribution in [3.63, 3.8) is 0 Å². The van der Waals surface area contributed by atoms with Crippen LogP contribution in [0, 0.1) is 0 Å². The predicted molar refractivity (Wildman–Crippen MR) is 96.1 cm³/mol. The number of ether oxygens (including phenoxy) is 1. The average molecular weight is 360 g/mol. The zero-order chi connectivity index (χ0) is 16.9. The summed E-state index contributed by atoms with van der Waals surface area (Å²) in [6.07, 6.45) is 1.64. The lowest BCUT2D eigenvalue weighted by Gasteiger charge is -2.13. The Balaban J connectivity index is 1.65. The van der Waals surface area contributed by atoms with Crippen LogP contribution in [0.1, 0.15) is 5.56 Å². The van der Waals surface area contributed by atoms with Crippen LogP contribution in [0.15, 0.2) is 59.5 Å². The number of carbonyl (C=O) groups excluding carboxylic acids is 2. The molecular formula is C18H14ClNO3S. The normalized spacial score (nSPS) is 16.0. The molecule has 0 radical (unpaired) electrons. The van der Waals surface area contributed by atoms with Crippen LogP contribution in [0.4, 0.5) is 4.79 Å². The summed E-state index contributed by atoms with van der Waals surface area (Å²) in [6, 6.07) is 16.4. The Bertz CT molecular complexity index is 792. The van der Waals surface area contributed by atoms with Crippen molar-refractivity contribution in [2.75, 3.05) is 13.2 Å². The lowest BCUT2D eigenvalue weighted by molar-refractivity contribution is -0.123. The molecule has 0 saturated carbocycles. The Hall–Kier alpha value is -2.24. The summed E-state index contributed by atoms with van der Waals surface area (Å²) in [6.45, 7) is 0.459. The second kappa shape index (κ2) is 7.55. The van der Waals surface area contributed by atoms with Gasteiger partial charge < -0.3 is 4.74 Å². The van der Waals surface area contributed by atoms with Gasteiger partial charge in [-0.25, -0.2) is 0 Å². The maximum atomic E-state index is 12.4.